The van der Waals surface area contributed by atoms with Crippen LogP contribution in [0.4, 0.5) is 5.69 Å². The van der Waals surface area contributed by atoms with Crippen LogP contribution in [0.5, 0.6) is 0 Å². The van der Waals surface area contributed by atoms with Gasteiger partial charge in [-0.05, 0) is 32.0 Å². The van der Waals surface area contributed by atoms with E-state index in [0.29, 0.717) is 37.1 Å². The molecule has 0 atom stereocenters. The normalized spacial score (nSPS) is 16.1. The Morgan fingerprint density at radius 1 is 1.10 bits per heavy atom. The lowest BCUT2D eigenvalue weighted by Gasteiger charge is -2.35. The number of benzene rings is 1. The standard InChI is InChI=1S/C19H24N6O3S/c1-14(2)25-13-20-18-10-15(4-5-17(18)19(25)26)23-6-8-24(9-7-23)29(27,28)16-11-21-22(3)12-16/h4-5,10-14H,6-9H2,1-3H3. The largest absolute Gasteiger partial charge is 0.369 e. The zero-order chi connectivity index (χ0) is 20.8. The highest BCUT2D eigenvalue weighted by molar-refractivity contribution is 7.89. The minimum Gasteiger partial charge on any atom is -0.369 e. The fraction of sp³-hybridized carbons (Fsp3) is 0.421. The molecule has 3 aromatic rings. The highest BCUT2D eigenvalue weighted by atomic mass is 32.2. The molecule has 0 amide bonds. The van der Waals surface area contributed by atoms with E-state index in [0.717, 1.165) is 5.69 Å². The van der Waals surface area contributed by atoms with Crippen LogP contribution in [-0.2, 0) is 17.1 Å². The lowest BCUT2D eigenvalue weighted by atomic mass is 10.2. The quantitative estimate of drug-likeness (QED) is 0.635. The number of rotatable bonds is 4. The maximum Gasteiger partial charge on any atom is 0.261 e. The second-order valence-electron chi connectivity index (χ2n) is 7.49. The Bertz CT molecular complexity index is 1210. The van der Waals surface area contributed by atoms with E-state index >= 15 is 0 Å². The van der Waals surface area contributed by atoms with Gasteiger partial charge in [0.2, 0.25) is 10.0 Å². The summed E-state index contributed by atoms with van der Waals surface area (Å²) in [5.74, 6) is 0. The Labute approximate surface area is 169 Å². The smallest absolute Gasteiger partial charge is 0.261 e. The molecule has 3 heterocycles. The monoisotopic (exact) mass is 416 g/mol. The first-order valence-electron chi connectivity index (χ1n) is 9.52. The van der Waals surface area contributed by atoms with E-state index in [4.69, 9.17) is 0 Å². The van der Waals surface area contributed by atoms with Crippen molar-refractivity contribution in [3.63, 3.8) is 0 Å². The number of hydrogen-bond donors (Lipinski definition) is 0. The van der Waals surface area contributed by atoms with E-state index in [9.17, 15) is 13.2 Å². The van der Waals surface area contributed by atoms with Crippen molar-refractivity contribution < 1.29 is 8.42 Å². The van der Waals surface area contributed by atoms with Gasteiger partial charge in [0.25, 0.3) is 5.56 Å². The summed E-state index contributed by atoms with van der Waals surface area (Å²) in [7, 11) is -1.84. The summed E-state index contributed by atoms with van der Waals surface area (Å²) < 4.78 is 30.1. The number of nitrogens with zero attached hydrogens (tertiary/aromatic N) is 6. The first-order chi connectivity index (χ1) is 13.8. The van der Waals surface area contributed by atoms with Crippen molar-refractivity contribution in [2.75, 3.05) is 31.1 Å². The molecule has 1 aromatic carbocycles. The van der Waals surface area contributed by atoms with Crippen molar-refractivity contribution >= 4 is 26.6 Å². The van der Waals surface area contributed by atoms with Crippen LogP contribution < -0.4 is 10.5 Å². The molecule has 0 unspecified atom stereocenters. The fourth-order valence-corrected chi connectivity index (χ4v) is 4.96. The molecule has 0 bridgehead atoms. The number of aromatic nitrogens is 4. The molecule has 1 aliphatic heterocycles. The minimum atomic E-state index is -3.53. The maximum absolute atomic E-state index is 12.7. The van der Waals surface area contributed by atoms with Gasteiger partial charge in [-0.3, -0.25) is 14.0 Å². The molecule has 0 radical (unpaired) electrons. The molecule has 0 spiro atoms. The number of sulfonamides is 1. The average Bonchev–Trinajstić information content (AvgIpc) is 3.15. The van der Waals surface area contributed by atoms with E-state index in [1.165, 1.54) is 21.4 Å². The minimum absolute atomic E-state index is 0.0499. The van der Waals surface area contributed by atoms with Gasteiger partial charge in [-0.15, -0.1) is 0 Å². The molecule has 154 valence electrons. The predicted octanol–water partition coefficient (Wildman–Crippen LogP) is 1.22. The molecule has 4 rings (SSSR count). The van der Waals surface area contributed by atoms with Crippen LogP contribution in [0, 0.1) is 0 Å². The van der Waals surface area contributed by atoms with Gasteiger partial charge in [-0.2, -0.15) is 9.40 Å². The summed E-state index contributed by atoms with van der Waals surface area (Å²) in [5.41, 5.74) is 1.53. The van der Waals surface area contributed by atoms with Crippen molar-refractivity contribution in [3.8, 4) is 0 Å². The Morgan fingerprint density at radius 2 is 1.83 bits per heavy atom. The van der Waals surface area contributed by atoms with Gasteiger partial charge in [0.1, 0.15) is 4.90 Å². The molecule has 1 saturated heterocycles. The van der Waals surface area contributed by atoms with Crippen molar-refractivity contribution in [3.05, 3.63) is 47.3 Å². The van der Waals surface area contributed by atoms with E-state index in [-0.39, 0.29) is 16.5 Å². The maximum atomic E-state index is 12.7. The topological polar surface area (TPSA) is 93.3 Å². The molecule has 0 N–H and O–H groups in total. The van der Waals surface area contributed by atoms with Gasteiger partial charge in [0.05, 0.1) is 23.4 Å². The molecule has 9 nitrogen and oxygen atoms in total. The second kappa shape index (κ2) is 7.27. The van der Waals surface area contributed by atoms with E-state index in [2.05, 4.69) is 15.0 Å². The third-order valence-electron chi connectivity index (χ3n) is 5.25. The Balaban J connectivity index is 1.53. The molecule has 0 aliphatic carbocycles. The van der Waals surface area contributed by atoms with Crippen LogP contribution in [0.25, 0.3) is 10.9 Å². The van der Waals surface area contributed by atoms with Crippen LogP contribution in [0.3, 0.4) is 0 Å². The van der Waals surface area contributed by atoms with Gasteiger partial charge in [-0.25, -0.2) is 13.4 Å². The first kappa shape index (κ1) is 19.6. The molecular formula is C19H24N6O3S. The van der Waals surface area contributed by atoms with Crippen LogP contribution in [0.1, 0.15) is 19.9 Å². The Kier molecular flexibility index (Phi) is 4.91. The fourth-order valence-electron chi connectivity index (χ4n) is 3.56. The number of piperazine rings is 1. The Hall–Kier alpha value is -2.72. The number of aryl methyl sites for hydroxylation is 1. The third-order valence-corrected chi connectivity index (χ3v) is 7.10. The molecule has 0 saturated carbocycles. The van der Waals surface area contributed by atoms with Gasteiger partial charge in [0.15, 0.2) is 0 Å². The van der Waals surface area contributed by atoms with Gasteiger partial charge < -0.3 is 4.90 Å². The zero-order valence-electron chi connectivity index (χ0n) is 16.7. The summed E-state index contributed by atoms with van der Waals surface area (Å²) in [6.07, 6.45) is 4.47. The molecule has 29 heavy (non-hydrogen) atoms. The van der Waals surface area contributed by atoms with Crippen LogP contribution in [0.15, 0.2) is 46.6 Å². The molecule has 10 heteroatoms. The summed E-state index contributed by atoms with van der Waals surface area (Å²) in [5, 5.41) is 4.55. The highest BCUT2D eigenvalue weighted by Crippen LogP contribution is 2.23. The predicted molar refractivity (Wildman–Crippen MR) is 111 cm³/mol. The second-order valence-corrected chi connectivity index (χ2v) is 9.43. The van der Waals surface area contributed by atoms with Gasteiger partial charge in [-0.1, -0.05) is 0 Å². The SMILES string of the molecule is CC(C)n1cnc2cc(N3CCN(S(=O)(=O)c4cnn(C)c4)CC3)ccc2c1=O. The molecule has 2 aromatic heterocycles. The third kappa shape index (κ3) is 3.53. The van der Waals surface area contributed by atoms with Gasteiger partial charge >= 0.3 is 0 Å². The number of fused-ring (bicyclic) bond motifs is 1. The Morgan fingerprint density at radius 3 is 2.45 bits per heavy atom. The highest BCUT2D eigenvalue weighted by Gasteiger charge is 2.29. The lowest BCUT2D eigenvalue weighted by molar-refractivity contribution is 0.385. The summed E-state index contributed by atoms with van der Waals surface area (Å²) in [6.45, 7) is 5.79. The molecule has 1 aliphatic rings. The van der Waals surface area contributed by atoms with E-state index < -0.39 is 10.0 Å². The summed E-state index contributed by atoms with van der Waals surface area (Å²) >= 11 is 0. The average molecular weight is 417 g/mol. The van der Waals surface area contributed by atoms with Gasteiger partial charge in [0, 0.05) is 51.2 Å². The van der Waals surface area contributed by atoms with Crippen molar-refractivity contribution in [2.45, 2.75) is 24.8 Å². The number of hydrogen-bond acceptors (Lipinski definition) is 6. The number of anilines is 1. The van der Waals surface area contributed by atoms with E-state index in [1.54, 1.807) is 24.0 Å². The van der Waals surface area contributed by atoms with Crippen LogP contribution in [-0.4, -0.2) is 58.2 Å². The van der Waals surface area contributed by atoms with Crippen LogP contribution in [0.2, 0.25) is 0 Å². The lowest BCUT2D eigenvalue weighted by Crippen LogP contribution is -2.48. The summed E-state index contributed by atoms with van der Waals surface area (Å²) in [4.78, 5) is 19.3. The van der Waals surface area contributed by atoms with Crippen molar-refractivity contribution in [2.24, 2.45) is 7.05 Å². The molecular weight excluding hydrogens is 392 g/mol. The van der Waals surface area contributed by atoms with Crippen molar-refractivity contribution in [1.29, 1.82) is 0 Å². The van der Waals surface area contributed by atoms with E-state index in [1.807, 2.05) is 26.0 Å². The first-order valence-corrected chi connectivity index (χ1v) is 11.0. The molecule has 1 fully saturated rings. The van der Waals surface area contributed by atoms with Crippen molar-refractivity contribution in [1.82, 2.24) is 23.6 Å². The van der Waals surface area contributed by atoms with Crippen LogP contribution >= 0.6 is 0 Å². The summed E-state index contributed by atoms with van der Waals surface area (Å²) in [6, 6.07) is 5.65. The zero-order valence-corrected chi connectivity index (χ0v) is 17.5.